The summed E-state index contributed by atoms with van der Waals surface area (Å²) >= 11 is 0. The Bertz CT molecular complexity index is 379. The van der Waals surface area contributed by atoms with Gasteiger partial charge < -0.3 is 20.9 Å². The summed E-state index contributed by atoms with van der Waals surface area (Å²) in [5.41, 5.74) is 8.84. The van der Waals surface area contributed by atoms with Crippen LogP contribution in [0, 0.1) is 0 Å². The number of anilines is 2. The predicted octanol–water partition coefficient (Wildman–Crippen LogP) is 1.35. The van der Waals surface area contributed by atoms with Gasteiger partial charge in [-0.15, -0.1) is 0 Å². The first-order valence-corrected chi connectivity index (χ1v) is 5.54. The fraction of sp³-hybridized carbons (Fsp3) is 0.500. The highest BCUT2D eigenvalue weighted by molar-refractivity contribution is 5.62. The number of hydrogen-bond donors (Lipinski definition) is 3. The molecule has 4 N–H and O–H groups in total. The van der Waals surface area contributed by atoms with Crippen LogP contribution in [0.1, 0.15) is 19.4 Å². The number of hydrogen-bond acceptors (Lipinski definition) is 4. The number of nitrogens with one attached hydrogen (secondary N) is 1. The summed E-state index contributed by atoms with van der Waals surface area (Å²) in [5.74, 6) is 0. The molecule has 1 aromatic carbocycles. The van der Waals surface area contributed by atoms with Gasteiger partial charge in [-0.3, -0.25) is 0 Å². The van der Waals surface area contributed by atoms with Crippen LogP contribution in [0.4, 0.5) is 11.4 Å². The molecule has 4 nitrogen and oxygen atoms in total. The van der Waals surface area contributed by atoms with E-state index in [1.54, 1.807) is 6.92 Å². The Morgan fingerprint density at radius 1 is 1.50 bits per heavy atom. The maximum Gasteiger partial charge on any atom is 0.152 e. The average molecular weight is 222 g/mol. The van der Waals surface area contributed by atoms with Gasteiger partial charge in [-0.2, -0.15) is 0 Å². The van der Waals surface area contributed by atoms with Crippen LogP contribution in [0.25, 0.3) is 0 Å². The topological polar surface area (TPSA) is 67.5 Å². The fourth-order valence-corrected chi connectivity index (χ4v) is 2.10. The van der Waals surface area contributed by atoms with E-state index in [4.69, 9.17) is 10.5 Å². The smallest absolute Gasteiger partial charge is 0.152 e. The molecule has 0 aliphatic carbocycles. The van der Waals surface area contributed by atoms with Crippen LogP contribution in [0.2, 0.25) is 0 Å². The lowest BCUT2D eigenvalue weighted by molar-refractivity contribution is -0.121. The molecule has 0 bridgehead atoms. The molecule has 0 saturated carbocycles. The maximum atomic E-state index is 9.17. The van der Waals surface area contributed by atoms with Gasteiger partial charge in [-0.1, -0.05) is 0 Å². The van der Waals surface area contributed by atoms with E-state index in [9.17, 15) is 5.11 Å². The van der Waals surface area contributed by atoms with Crippen LogP contribution in [0.3, 0.4) is 0 Å². The zero-order valence-electron chi connectivity index (χ0n) is 9.60. The summed E-state index contributed by atoms with van der Waals surface area (Å²) in [5, 5.41) is 12.5. The van der Waals surface area contributed by atoms with Gasteiger partial charge in [0.15, 0.2) is 6.29 Å². The Kier molecular flexibility index (Phi) is 3.03. The molecule has 0 fully saturated rings. The lowest BCUT2D eigenvalue weighted by atomic mass is 10.1. The van der Waals surface area contributed by atoms with Gasteiger partial charge in [0.2, 0.25) is 0 Å². The molecule has 3 atom stereocenters. The van der Waals surface area contributed by atoms with Crippen LogP contribution in [-0.4, -0.2) is 23.5 Å². The molecule has 1 aliphatic heterocycles. The molecule has 16 heavy (non-hydrogen) atoms. The van der Waals surface area contributed by atoms with Crippen molar-refractivity contribution in [3.8, 4) is 0 Å². The van der Waals surface area contributed by atoms with E-state index >= 15 is 0 Å². The van der Waals surface area contributed by atoms with Crippen molar-refractivity contribution in [1.29, 1.82) is 0 Å². The third-order valence-electron chi connectivity index (χ3n) is 2.89. The first kappa shape index (κ1) is 11.2. The van der Waals surface area contributed by atoms with E-state index in [2.05, 4.69) is 5.32 Å². The number of rotatable bonds is 3. The number of ether oxygens (including phenoxy) is 1. The monoisotopic (exact) mass is 222 g/mol. The Morgan fingerprint density at radius 2 is 2.25 bits per heavy atom. The molecule has 0 saturated heterocycles. The van der Waals surface area contributed by atoms with Crippen molar-refractivity contribution in [2.24, 2.45) is 0 Å². The van der Waals surface area contributed by atoms with Crippen LogP contribution in [-0.2, 0) is 11.2 Å². The van der Waals surface area contributed by atoms with Crippen molar-refractivity contribution in [1.82, 2.24) is 0 Å². The van der Waals surface area contributed by atoms with E-state index in [0.717, 1.165) is 17.8 Å². The minimum absolute atomic E-state index is 0.0337. The van der Waals surface area contributed by atoms with Crippen molar-refractivity contribution < 1.29 is 9.84 Å². The van der Waals surface area contributed by atoms with E-state index in [1.807, 2.05) is 25.1 Å². The van der Waals surface area contributed by atoms with Crippen molar-refractivity contribution >= 4 is 11.4 Å². The highest BCUT2D eigenvalue weighted by Crippen LogP contribution is 2.29. The minimum Gasteiger partial charge on any atom is -0.399 e. The summed E-state index contributed by atoms with van der Waals surface area (Å²) in [6.07, 6.45) is 0.119. The van der Waals surface area contributed by atoms with Gasteiger partial charge in [0.25, 0.3) is 0 Å². The SMILES string of the molecule is CC(O)OC(C)C1Cc2cc(N)ccc2N1. The Labute approximate surface area is 95.4 Å². The normalized spacial score (nSPS) is 22.3. The highest BCUT2D eigenvalue weighted by atomic mass is 16.6. The fourth-order valence-electron chi connectivity index (χ4n) is 2.10. The molecule has 1 aromatic rings. The molecule has 2 rings (SSSR count). The zero-order chi connectivity index (χ0) is 11.7. The summed E-state index contributed by atoms with van der Waals surface area (Å²) in [6, 6.07) is 6.05. The molecular weight excluding hydrogens is 204 g/mol. The van der Waals surface area contributed by atoms with E-state index in [1.165, 1.54) is 5.56 Å². The quantitative estimate of drug-likeness (QED) is 0.533. The summed E-state index contributed by atoms with van der Waals surface area (Å²) in [6.45, 7) is 3.58. The summed E-state index contributed by atoms with van der Waals surface area (Å²) in [4.78, 5) is 0. The second kappa shape index (κ2) is 4.31. The van der Waals surface area contributed by atoms with Gasteiger partial charge in [0.05, 0.1) is 12.1 Å². The predicted molar refractivity (Wildman–Crippen MR) is 64.2 cm³/mol. The number of benzene rings is 1. The molecule has 88 valence electrons. The Balaban J connectivity index is 2.05. The number of nitrogen functional groups attached to an aromatic ring is 1. The molecule has 0 spiro atoms. The molecule has 0 radical (unpaired) electrons. The van der Waals surface area contributed by atoms with Crippen molar-refractivity contribution in [3.05, 3.63) is 23.8 Å². The molecule has 4 heteroatoms. The second-order valence-corrected chi connectivity index (χ2v) is 4.31. The zero-order valence-corrected chi connectivity index (χ0v) is 9.60. The number of aliphatic hydroxyl groups is 1. The Hall–Kier alpha value is -1.26. The van der Waals surface area contributed by atoms with Crippen LogP contribution in [0.15, 0.2) is 18.2 Å². The third-order valence-corrected chi connectivity index (χ3v) is 2.89. The third kappa shape index (κ3) is 2.28. The lowest BCUT2D eigenvalue weighted by Gasteiger charge is -2.22. The largest absolute Gasteiger partial charge is 0.399 e. The molecule has 1 aliphatic rings. The van der Waals surface area contributed by atoms with E-state index < -0.39 is 6.29 Å². The molecule has 3 unspecified atom stereocenters. The van der Waals surface area contributed by atoms with Gasteiger partial charge in [-0.05, 0) is 44.0 Å². The Morgan fingerprint density at radius 3 is 2.94 bits per heavy atom. The average Bonchev–Trinajstić information content (AvgIpc) is 2.59. The summed E-state index contributed by atoms with van der Waals surface area (Å²) < 4.78 is 5.36. The van der Waals surface area contributed by atoms with Crippen molar-refractivity contribution in [3.63, 3.8) is 0 Å². The van der Waals surface area contributed by atoms with Gasteiger partial charge >= 0.3 is 0 Å². The van der Waals surface area contributed by atoms with Gasteiger partial charge in [0.1, 0.15) is 0 Å². The van der Waals surface area contributed by atoms with Crippen LogP contribution in [0.5, 0.6) is 0 Å². The maximum absolute atomic E-state index is 9.17. The van der Waals surface area contributed by atoms with Crippen molar-refractivity contribution in [2.75, 3.05) is 11.1 Å². The van der Waals surface area contributed by atoms with E-state index in [-0.39, 0.29) is 12.1 Å². The van der Waals surface area contributed by atoms with Crippen LogP contribution < -0.4 is 11.1 Å². The first-order valence-electron chi connectivity index (χ1n) is 5.54. The molecule has 0 amide bonds. The lowest BCUT2D eigenvalue weighted by Crippen LogP contribution is -2.34. The second-order valence-electron chi connectivity index (χ2n) is 4.31. The highest BCUT2D eigenvalue weighted by Gasteiger charge is 2.26. The molecule has 0 aromatic heterocycles. The van der Waals surface area contributed by atoms with Gasteiger partial charge in [-0.25, -0.2) is 0 Å². The minimum atomic E-state index is -0.731. The van der Waals surface area contributed by atoms with Crippen LogP contribution >= 0.6 is 0 Å². The first-order chi connectivity index (χ1) is 7.56. The molecule has 1 heterocycles. The standard InChI is InChI=1S/C12H18N2O2/c1-7(16-8(2)15)12-6-9-5-10(13)3-4-11(9)14-12/h3-5,7-8,12,14-15H,6,13H2,1-2H3. The number of nitrogens with two attached hydrogens (primary N) is 1. The number of aliphatic hydroxyl groups excluding tert-OH is 1. The van der Waals surface area contributed by atoms with E-state index in [0.29, 0.717) is 0 Å². The van der Waals surface area contributed by atoms with Crippen molar-refractivity contribution in [2.45, 2.75) is 38.7 Å². The molecular formula is C12H18N2O2. The summed E-state index contributed by atoms with van der Waals surface area (Å²) in [7, 11) is 0. The number of fused-ring (bicyclic) bond motifs is 1. The van der Waals surface area contributed by atoms with Gasteiger partial charge in [0, 0.05) is 11.4 Å².